The molecule has 0 saturated carbocycles. The molecule has 1 unspecified atom stereocenters. The molecule has 1 atom stereocenters. The minimum Gasteiger partial charge on any atom is -0.355 e. The van der Waals surface area contributed by atoms with Crippen LogP contribution in [-0.4, -0.2) is 4.98 Å². The average molecular weight is 430 g/mol. The van der Waals surface area contributed by atoms with E-state index >= 15 is 0 Å². The molecule has 6 rings (SSSR count). The van der Waals surface area contributed by atoms with Crippen molar-refractivity contribution in [1.29, 1.82) is 0 Å². The Bertz CT molecular complexity index is 1450. The van der Waals surface area contributed by atoms with Crippen LogP contribution < -0.4 is 0 Å². The predicted molar refractivity (Wildman–Crippen MR) is 141 cm³/mol. The minimum atomic E-state index is -0.143. The molecule has 0 amide bonds. The maximum absolute atomic E-state index is 3.66. The van der Waals surface area contributed by atoms with Crippen molar-refractivity contribution < 1.29 is 0 Å². The molecule has 1 aliphatic rings. The lowest BCUT2D eigenvalue weighted by Gasteiger charge is -2.38. The number of H-pyrrole nitrogens is 1. The van der Waals surface area contributed by atoms with Crippen LogP contribution in [0.5, 0.6) is 0 Å². The summed E-state index contributed by atoms with van der Waals surface area (Å²) in [4.78, 5) is 3.66. The van der Waals surface area contributed by atoms with Gasteiger partial charge in [0.25, 0.3) is 0 Å². The van der Waals surface area contributed by atoms with E-state index in [1.54, 1.807) is 0 Å². The largest absolute Gasteiger partial charge is 0.355 e. The van der Waals surface area contributed by atoms with Gasteiger partial charge >= 0.3 is 0 Å². The Kier molecular flexibility index (Phi) is 4.52. The Balaban J connectivity index is 1.70. The third kappa shape index (κ3) is 2.72. The van der Waals surface area contributed by atoms with Gasteiger partial charge in [-0.1, -0.05) is 94.8 Å². The topological polar surface area (TPSA) is 15.8 Å². The first-order chi connectivity index (χ1) is 16.1. The highest BCUT2D eigenvalue weighted by molar-refractivity contribution is 6.08. The Morgan fingerprint density at radius 3 is 1.88 bits per heavy atom. The van der Waals surface area contributed by atoms with E-state index in [1.807, 2.05) is 0 Å². The van der Waals surface area contributed by atoms with Gasteiger partial charge in [0.1, 0.15) is 0 Å². The minimum absolute atomic E-state index is 0.143. The second kappa shape index (κ2) is 7.35. The van der Waals surface area contributed by atoms with E-state index in [-0.39, 0.29) is 5.41 Å². The van der Waals surface area contributed by atoms with E-state index in [0.29, 0.717) is 11.8 Å². The highest BCUT2D eigenvalue weighted by atomic mass is 14.7. The van der Waals surface area contributed by atoms with Crippen LogP contribution in [0.2, 0.25) is 0 Å². The van der Waals surface area contributed by atoms with Crippen molar-refractivity contribution >= 4 is 21.8 Å². The molecule has 1 heterocycles. The summed E-state index contributed by atoms with van der Waals surface area (Å²) < 4.78 is 0. The van der Waals surface area contributed by atoms with Gasteiger partial charge in [-0.15, -0.1) is 0 Å². The molecule has 4 aromatic carbocycles. The molecular weight excluding hydrogens is 398 g/mol. The molecule has 0 spiro atoms. The number of benzene rings is 4. The van der Waals surface area contributed by atoms with Gasteiger partial charge in [0.15, 0.2) is 0 Å². The number of aromatic amines is 1. The van der Waals surface area contributed by atoms with Crippen molar-refractivity contribution in [3.05, 3.63) is 107 Å². The summed E-state index contributed by atoms with van der Waals surface area (Å²) in [6, 6.07) is 32.1. The summed E-state index contributed by atoms with van der Waals surface area (Å²) in [7, 11) is 0. The van der Waals surface area contributed by atoms with Gasteiger partial charge in [-0.25, -0.2) is 0 Å². The van der Waals surface area contributed by atoms with Gasteiger partial charge < -0.3 is 4.98 Å². The van der Waals surface area contributed by atoms with Crippen molar-refractivity contribution in [1.82, 2.24) is 4.98 Å². The van der Waals surface area contributed by atoms with Crippen LogP contribution in [0.1, 0.15) is 62.3 Å². The summed E-state index contributed by atoms with van der Waals surface area (Å²) in [5.74, 6) is 0.985. The van der Waals surface area contributed by atoms with Crippen molar-refractivity contribution in [2.24, 2.45) is 5.92 Å². The lowest BCUT2D eigenvalue weighted by Crippen LogP contribution is -2.34. The number of fused-ring (bicyclic) bond motifs is 6. The molecule has 0 radical (unpaired) electrons. The fourth-order valence-corrected chi connectivity index (χ4v) is 6.22. The van der Waals surface area contributed by atoms with Gasteiger partial charge in [0.2, 0.25) is 0 Å². The molecule has 0 aliphatic heterocycles. The number of hydrogen-bond donors (Lipinski definition) is 1. The molecule has 1 aromatic heterocycles. The van der Waals surface area contributed by atoms with Crippen molar-refractivity contribution in [2.45, 2.75) is 45.4 Å². The van der Waals surface area contributed by atoms with E-state index < -0.39 is 0 Å². The average Bonchev–Trinajstić information content (AvgIpc) is 3.36. The number of aromatic nitrogens is 1. The van der Waals surface area contributed by atoms with Crippen molar-refractivity contribution in [3.63, 3.8) is 0 Å². The lowest BCUT2D eigenvalue weighted by molar-refractivity contribution is 0.400. The molecule has 33 heavy (non-hydrogen) atoms. The van der Waals surface area contributed by atoms with Gasteiger partial charge in [-0.3, -0.25) is 0 Å². The zero-order valence-corrected chi connectivity index (χ0v) is 19.9. The molecule has 164 valence electrons. The molecule has 5 aromatic rings. The summed E-state index contributed by atoms with van der Waals surface area (Å²) in [5.41, 5.74) is 10.7. The predicted octanol–water partition coefficient (Wildman–Crippen LogP) is 8.81. The standard InChI is InChI=1S/C32H31N/c1-5-21(4)32(28-12-8-6-10-24(28)25-11-7-9-13-29(25)32)23-15-17-31-27(19-23)26-18-22(20(2)3)14-16-30(26)33-31/h6-21,33H,5H2,1-4H3. The van der Waals surface area contributed by atoms with Crippen LogP contribution in [0, 0.1) is 5.92 Å². The zero-order chi connectivity index (χ0) is 22.7. The summed E-state index contributed by atoms with van der Waals surface area (Å²) in [6.07, 6.45) is 1.12. The van der Waals surface area contributed by atoms with E-state index in [4.69, 9.17) is 0 Å². The van der Waals surface area contributed by atoms with Gasteiger partial charge in [0.05, 0.1) is 0 Å². The molecule has 0 fully saturated rings. The Morgan fingerprint density at radius 1 is 0.697 bits per heavy atom. The molecule has 0 bridgehead atoms. The fraction of sp³-hybridized carbons (Fsp3) is 0.250. The van der Waals surface area contributed by atoms with Crippen molar-refractivity contribution in [3.8, 4) is 11.1 Å². The van der Waals surface area contributed by atoms with Crippen LogP contribution in [0.25, 0.3) is 32.9 Å². The van der Waals surface area contributed by atoms with Crippen molar-refractivity contribution in [2.75, 3.05) is 0 Å². The fourth-order valence-electron chi connectivity index (χ4n) is 6.22. The van der Waals surface area contributed by atoms with Crippen LogP contribution in [-0.2, 0) is 5.41 Å². The van der Waals surface area contributed by atoms with E-state index in [9.17, 15) is 0 Å². The SMILES string of the molecule is CCC(C)C1(c2ccc3[nH]c4ccc(C(C)C)cc4c3c2)c2ccccc2-c2ccccc21. The third-order valence-corrected chi connectivity index (χ3v) is 8.09. The first-order valence-electron chi connectivity index (χ1n) is 12.3. The zero-order valence-electron chi connectivity index (χ0n) is 19.9. The molecule has 1 nitrogen and oxygen atoms in total. The quantitative estimate of drug-likeness (QED) is 0.294. The number of rotatable bonds is 4. The molecule has 1 N–H and O–H groups in total. The maximum atomic E-state index is 3.66. The van der Waals surface area contributed by atoms with Gasteiger partial charge in [0, 0.05) is 27.2 Å². The first-order valence-corrected chi connectivity index (χ1v) is 12.3. The Hall–Kier alpha value is -3.32. The van der Waals surface area contributed by atoms with Crippen LogP contribution >= 0.6 is 0 Å². The number of nitrogens with one attached hydrogen (secondary N) is 1. The molecule has 1 heteroatoms. The summed E-state index contributed by atoms with van der Waals surface area (Å²) >= 11 is 0. The highest BCUT2D eigenvalue weighted by Gasteiger charge is 2.47. The summed E-state index contributed by atoms with van der Waals surface area (Å²) in [6.45, 7) is 9.29. The second-order valence-corrected chi connectivity index (χ2v) is 10.1. The molecule has 0 saturated heterocycles. The Labute approximate surface area is 196 Å². The Morgan fingerprint density at radius 2 is 1.27 bits per heavy atom. The number of hydrogen-bond acceptors (Lipinski definition) is 0. The van der Waals surface area contributed by atoms with Gasteiger partial charge in [-0.05, 0) is 69.5 Å². The lowest BCUT2D eigenvalue weighted by atomic mass is 9.64. The van der Waals surface area contributed by atoms with Gasteiger partial charge in [-0.2, -0.15) is 0 Å². The monoisotopic (exact) mass is 429 g/mol. The molecule has 1 aliphatic carbocycles. The second-order valence-electron chi connectivity index (χ2n) is 10.1. The third-order valence-electron chi connectivity index (χ3n) is 8.09. The smallest absolute Gasteiger partial charge is 0.0489 e. The molecular formula is C32H31N. The maximum Gasteiger partial charge on any atom is 0.0489 e. The van der Waals surface area contributed by atoms with E-state index in [2.05, 4.69) is 118 Å². The van der Waals surface area contributed by atoms with E-state index in [1.165, 1.54) is 55.2 Å². The van der Waals surface area contributed by atoms with E-state index in [0.717, 1.165) is 6.42 Å². The van der Waals surface area contributed by atoms with Crippen LogP contribution in [0.3, 0.4) is 0 Å². The van der Waals surface area contributed by atoms with Crippen LogP contribution in [0.4, 0.5) is 0 Å². The highest BCUT2D eigenvalue weighted by Crippen LogP contribution is 2.57. The normalized spacial score (nSPS) is 15.2. The van der Waals surface area contributed by atoms with Crippen LogP contribution in [0.15, 0.2) is 84.9 Å². The summed E-state index contributed by atoms with van der Waals surface area (Å²) in [5, 5.41) is 2.66. The first kappa shape index (κ1) is 20.3.